The van der Waals surface area contributed by atoms with Crippen molar-refractivity contribution in [2.75, 3.05) is 17.7 Å². The molecule has 0 radical (unpaired) electrons. The number of benzene rings is 2. The molecule has 0 aliphatic rings. The van der Waals surface area contributed by atoms with Gasteiger partial charge in [-0.2, -0.15) is 0 Å². The maximum absolute atomic E-state index is 12.5. The van der Waals surface area contributed by atoms with E-state index in [1.54, 1.807) is 48.5 Å². The van der Waals surface area contributed by atoms with E-state index in [1.807, 2.05) is 13.0 Å². The number of carbonyl (C=O) groups is 2. The first kappa shape index (κ1) is 20.1. The molecule has 1 aromatic heterocycles. The van der Waals surface area contributed by atoms with Gasteiger partial charge in [-0.25, -0.2) is 0 Å². The molecule has 2 amide bonds. The Balaban J connectivity index is 1.59. The molecule has 29 heavy (non-hydrogen) atoms. The SMILES string of the molecule is COc1c(C)cccc1C(=O)NC(=S)Nc1ccc(NC(=O)c2ccco2)cc1. The largest absolute Gasteiger partial charge is 0.496 e. The number of para-hydroxylation sites is 1. The summed E-state index contributed by atoms with van der Waals surface area (Å²) in [4.78, 5) is 24.5. The Hall–Kier alpha value is -3.65. The van der Waals surface area contributed by atoms with Crippen LogP contribution >= 0.6 is 12.2 Å². The fourth-order valence-corrected chi connectivity index (χ4v) is 2.88. The summed E-state index contributed by atoms with van der Waals surface area (Å²) < 4.78 is 10.4. The number of carbonyl (C=O) groups excluding carboxylic acids is 2. The van der Waals surface area contributed by atoms with Crippen molar-refractivity contribution in [1.29, 1.82) is 0 Å². The van der Waals surface area contributed by atoms with Gasteiger partial charge in [0.1, 0.15) is 5.75 Å². The summed E-state index contributed by atoms with van der Waals surface area (Å²) >= 11 is 5.22. The first-order chi connectivity index (χ1) is 14.0. The predicted octanol–water partition coefficient (Wildman–Crippen LogP) is 3.98. The summed E-state index contributed by atoms with van der Waals surface area (Å²) in [5.74, 6) is 0.0168. The Labute approximate surface area is 173 Å². The Morgan fingerprint density at radius 3 is 2.24 bits per heavy atom. The smallest absolute Gasteiger partial charge is 0.291 e. The van der Waals surface area contributed by atoms with Gasteiger partial charge in [0.25, 0.3) is 11.8 Å². The molecule has 0 saturated carbocycles. The highest BCUT2D eigenvalue weighted by Gasteiger charge is 2.15. The van der Waals surface area contributed by atoms with Crippen molar-refractivity contribution in [3.8, 4) is 5.75 Å². The number of aryl methyl sites for hydroxylation is 1. The zero-order valence-corrected chi connectivity index (χ0v) is 16.6. The number of hydrogen-bond donors (Lipinski definition) is 3. The van der Waals surface area contributed by atoms with Crippen molar-refractivity contribution in [1.82, 2.24) is 5.32 Å². The Morgan fingerprint density at radius 2 is 1.62 bits per heavy atom. The van der Waals surface area contributed by atoms with Crippen LogP contribution in [0.25, 0.3) is 0 Å². The minimum Gasteiger partial charge on any atom is -0.496 e. The molecule has 2 aromatic carbocycles. The normalized spacial score (nSPS) is 10.1. The van der Waals surface area contributed by atoms with Gasteiger partial charge in [-0.05, 0) is 67.2 Å². The molecule has 0 aliphatic carbocycles. The first-order valence-electron chi connectivity index (χ1n) is 8.69. The van der Waals surface area contributed by atoms with Gasteiger partial charge < -0.3 is 19.8 Å². The lowest BCUT2D eigenvalue weighted by Gasteiger charge is -2.13. The van der Waals surface area contributed by atoms with Gasteiger partial charge in [-0.3, -0.25) is 14.9 Å². The Bertz CT molecular complexity index is 1030. The molecule has 0 atom stereocenters. The minimum absolute atomic E-state index is 0.144. The molecule has 3 aromatic rings. The standard InChI is InChI=1S/C21H19N3O4S/c1-13-5-3-6-16(18(13)27-2)19(25)24-21(29)23-15-10-8-14(9-11-15)22-20(26)17-7-4-12-28-17/h3-12H,1-2H3,(H,22,26)(H2,23,24,25,29). The van der Waals surface area contributed by atoms with Crippen LogP contribution in [0.15, 0.2) is 65.3 Å². The van der Waals surface area contributed by atoms with Crippen molar-refractivity contribution in [2.45, 2.75) is 6.92 Å². The molecule has 7 nitrogen and oxygen atoms in total. The van der Waals surface area contributed by atoms with Crippen LogP contribution in [0.2, 0.25) is 0 Å². The molecular weight excluding hydrogens is 390 g/mol. The van der Waals surface area contributed by atoms with Crippen LogP contribution in [-0.2, 0) is 0 Å². The molecule has 3 rings (SSSR count). The maximum atomic E-state index is 12.5. The number of rotatable bonds is 5. The molecule has 0 bridgehead atoms. The third kappa shape index (κ3) is 4.99. The second-order valence-electron chi connectivity index (χ2n) is 6.07. The van der Waals surface area contributed by atoms with Crippen molar-refractivity contribution >= 4 is 40.5 Å². The first-order valence-corrected chi connectivity index (χ1v) is 9.09. The second kappa shape index (κ2) is 9.03. The molecule has 0 aliphatic heterocycles. The van der Waals surface area contributed by atoms with Crippen LogP contribution in [0.1, 0.15) is 26.5 Å². The molecule has 3 N–H and O–H groups in total. The lowest BCUT2D eigenvalue weighted by Crippen LogP contribution is -2.34. The minimum atomic E-state index is -0.370. The van der Waals surface area contributed by atoms with E-state index in [0.717, 1.165) is 5.56 Å². The number of nitrogens with one attached hydrogen (secondary N) is 3. The van der Waals surface area contributed by atoms with Crippen molar-refractivity contribution in [3.63, 3.8) is 0 Å². The van der Waals surface area contributed by atoms with Crippen LogP contribution in [0.5, 0.6) is 5.75 Å². The van der Waals surface area contributed by atoms with Crippen molar-refractivity contribution in [2.24, 2.45) is 0 Å². The number of thiocarbonyl (C=S) groups is 1. The van der Waals surface area contributed by atoms with E-state index >= 15 is 0 Å². The number of amides is 2. The van der Waals surface area contributed by atoms with Crippen LogP contribution in [-0.4, -0.2) is 24.0 Å². The third-order valence-corrected chi connectivity index (χ3v) is 4.24. The van der Waals surface area contributed by atoms with Gasteiger partial charge in [0.05, 0.1) is 18.9 Å². The Morgan fingerprint density at radius 1 is 0.931 bits per heavy atom. The van der Waals surface area contributed by atoms with Gasteiger partial charge in [-0.1, -0.05) is 12.1 Å². The number of methoxy groups -OCH3 is 1. The van der Waals surface area contributed by atoms with Gasteiger partial charge in [-0.15, -0.1) is 0 Å². The molecule has 0 saturated heterocycles. The van der Waals surface area contributed by atoms with Crippen LogP contribution < -0.4 is 20.7 Å². The lowest BCUT2D eigenvalue weighted by molar-refractivity contribution is 0.0972. The summed E-state index contributed by atoms with van der Waals surface area (Å²) in [6, 6.07) is 15.4. The zero-order chi connectivity index (χ0) is 20.8. The summed E-state index contributed by atoms with van der Waals surface area (Å²) in [5, 5.41) is 8.43. The van der Waals surface area contributed by atoms with E-state index in [4.69, 9.17) is 21.4 Å². The van der Waals surface area contributed by atoms with Crippen LogP contribution in [0.3, 0.4) is 0 Å². The number of anilines is 2. The average Bonchev–Trinajstić information content (AvgIpc) is 3.24. The molecule has 1 heterocycles. The van der Waals surface area contributed by atoms with Gasteiger partial charge in [0, 0.05) is 11.4 Å². The third-order valence-electron chi connectivity index (χ3n) is 4.03. The monoisotopic (exact) mass is 409 g/mol. The summed E-state index contributed by atoms with van der Waals surface area (Å²) in [6.07, 6.45) is 1.43. The quantitative estimate of drug-likeness (QED) is 0.552. The Kier molecular flexibility index (Phi) is 6.25. The van der Waals surface area contributed by atoms with Gasteiger partial charge in [0.15, 0.2) is 10.9 Å². The zero-order valence-electron chi connectivity index (χ0n) is 15.8. The molecular formula is C21H19N3O4S. The topological polar surface area (TPSA) is 92.6 Å². The fourth-order valence-electron chi connectivity index (χ4n) is 2.67. The maximum Gasteiger partial charge on any atom is 0.291 e. The number of furan rings is 1. The number of hydrogen-bond acceptors (Lipinski definition) is 5. The summed E-state index contributed by atoms with van der Waals surface area (Å²) in [5.41, 5.74) is 2.50. The summed E-state index contributed by atoms with van der Waals surface area (Å²) in [6.45, 7) is 1.86. The van der Waals surface area contributed by atoms with E-state index in [2.05, 4.69) is 16.0 Å². The van der Waals surface area contributed by atoms with E-state index in [0.29, 0.717) is 22.7 Å². The molecule has 0 spiro atoms. The molecule has 8 heteroatoms. The lowest BCUT2D eigenvalue weighted by atomic mass is 10.1. The molecule has 0 unspecified atom stereocenters. The second-order valence-corrected chi connectivity index (χ2v) is 6.48. The van der Waals surface area contributed by atoms with E-state index in [-0.39, 0.29) is 22.7 Å². The molecule has 148 valence electrons. The van der Waals surface area contributed by atoms with Crippen molar-refractivity contribution in [3.05, 3.63) is 77.7 Å². The fraction of sp³-hybridized carbons (Fsp3) is 0.0952. The van der Waals surface area contributed by atoms with Gasteiger partial charge >= 0.3 is 0 Å². The average molecular weight is 409 g/mol. The van der Waals surface area contributed by atoms with E-state index < -0.39 is 0 Å². The van der Waals surface area contributed by atoms with Gasteiger partial charge in [0.2, 0.25) is 0 Å². The highest BCUT2D eigenvalue weighted by Crippen LogP contribution is 2.22. The van der Waals surface area contributed by atoms with Crippen LogP contribution in [0.4, 0.5) is 11.4 Å². The number of ether oxygens (including phenoxy) is 1. The van der Waals surface area contributed by atoms with Crippen LogP contribution in [0, 0.1) is 6.92 Å². The predicted molar refractivity (Wildman–Crippen MR) is 115 cm³/mol. The molecule has 0 fully saturated rings. The highest BCUT2D eigenvalue weighted by molar-refractivity contribution is 7.80. The van der Waals surface area contributed by atoms with E-state index in [9.17, 15) is 9.59 Å². The van der Waals surface area contributed by atoms with E-state index in [1.165, 1.54) is 13.4 Å². The highest BCUT2D eigenvalue weighted by atomic mass is 32.1. The summed E-state index contributed by atoms with van der Waals surface area (Å²) in [7, 11) is 1.52. The van der Waals surface area contributed by atoms with Crippen molar-refractivity contribution < 1.29 is 18.7 Å².